The average molecular weight is 410 g/mol. The molecule has 0 aliphatic heterocycles. The van der Waals surface area contributed by atoms with E-state index in [-0.39, 0.29) is 22.3 Å². The summed E-state index contributed by atoms with van der Waals surface area (Å²) in [5.74, 6) is -0.920. The molecule has 0 unspecified atom stereocenters. The van der Waals surface area contributed by atoms with Gasteiger partial charge in [0.1, 0.15) is 5.75 Å². The molecule has 5 heteroatoms. The first kappa shape index (κ1) is 23.2. The third-order valence-electron chi connectivity index (χ3n) is 4.84. The quantitative estimate of drug-likeness (QED) is 0.606. The Morgan fingerprint density at radius 2 is 1.43 bits per heavy atom. The monoisotopic (exact) mass is 409 g/mol. The van der Waals surface area contributed by atoms with Gasteiger partial charge in [0, 0.05) is 12.6 Å². The van der Waals surface area contributed by atoms with Crippen molar-refractivity contribution in [1.29, 1.82) is 0 Å². The second-order valence-electron chi connectivity index (χ2n) is 9.52. The lowest BCUT2D eigenvalue weighted by Crippen LogP contribution is -2.22. The largest absolute Gasteiger partial charge is 0.507 e. The predicted octanol–water partition coefficient (Wildman–Crippen LogP) is 5.02. The highest BCUT2D eigenvalue weighted by Crippen LogP contribution is 2.39. The number of rotatable bonds is 5. The molecule has 0 radical (unpaired) electrons. The van der Waals surface area contributed by atoms with Crippen molar-refractivity contribution >= 4 is 18.0 Å². The van der Waals surface area contributed by atoms with E-state index in [1.165, 1.54) is 18.2 Å². The second kappa shape index (κ2) is 8.74. The Hall–Kier alpha value is -3.08. The van der Waals surface area contributed by atoms with Crippen LogP contribution in [0.4, 0.5) is 0 Å². The molecule has 2 rings (SSSR count). The van der Waals surface area contributed by atoms with Gasteiger partial charge in [0.25, 0.3) is 0 Å². The van der Waals surface area contributed by atoms with Crippen molar-refractivity contribution in [3.63, 3.8) is 0 Å². The summed E-state index contributed by atoms with van der Waals surface area (Å²) in [6, 6.07) is 10.2. The molecular formula is C25H31NO4. The standard InChI is InChI=1S/C25H31NO4/c1-24(2,3)19-13-17(14-20(22(19)28)25(4,5)6)15-26-21(27)12-9-16-7-10-18(11-8-16)23(29)30/h7-14,28H,15H2,1-6H3,(H,26,27)(H,29,30). The average Bonchev–Trinajstić information content (AvgIpc) is 2.63. The third kappa shape index (κ3) is 5.96. The van der Waals surface area contributed by atoms with Crippen LogP contribution in [-0.2, 0) is 22.2 Å². The molecular weight excluding hydrogens is 378 g/mol. The van der Waals surface area contributed by atoms with Crippen LogP contribution in [0.5, 0.6) is 5.75 Å². The van der Waals surface area contributed by atoms with Crippen molar-refractivity contribution in [3.8, 4) is 5.75 Å². The van der Waals surface area contributed by atoms with Gasteiger partial charge in [-0.2, -0.15) is 0 Å². The predicted molar refractivity (Wildman–Crippen MR) is 120 cm³/mol. The van der Waals surface area contributed by atoms with Crippen molar-refractivity contribution in [2.45, 2.75) is 58.9 Å². The maximum Gasteiger partial charge on any atom is 0.335 e. The Morgan fingerprint density at radius 3 is 1.87 bits per heavy atom. The van der Waals surface area contributed by atoms with E-state index in [0.717, 1.165) is 22.3 Å². The number of hydrogen-bond donors (Lipinski definition) is 3. The van der Waals surface area contributed by atoms with Crippen LogP contribution in [0.25, 0.3) is 6.08 Å². The van der Waals surface area contributed by atoms with Crippen LogP contribution >= 0.6 is 0 Å². The topological polar surface area (TPSA) is 86.6 Å². The van der Waals surface area contributed by atoms with Crippen molar-refractivity contribution in [2.24, 2.45) is 0 Å². The number of aromatic hydroxyl groups is 1. The van der Waals surface area contributed by atoms with Crippen LogP contribution in [0.1, 0.15) is 74.2 Å². The summed E-state index contributed by atoms with van der Waals surface area (Å²) in [6.45, 7) is 12.6. The molecule has 0 heterocycles. The lowest BCUT2D eigenvalue weighted by molar-refractivity contribution is -0.116. The maximum absolute atomic E-state index is 12.3. The first-order valence-electron chi connectivity index (χ1n) is 9.95. The zero-order chi connectivity index (χ0) is 22.7. The molecule has 0 spiro atoms. The SMILES string of the molecule is CC(C)(C)c1cc(CNC(=O)C=Cc2ccc(C(=O)O)cc2)cc(C(C)(C)C)c1O. The third-order valence-corrected chi connectivity index (χ3v) is 4.84. The van der Waals surface area contributed by atoms with Crippen LogP contribution in [-0.4, -0.2) is 22.1 Å². The molecule has 5 nitrogen and oxygen atoms in total. The van der Waals surface area contributed by atoms with Crippen LogP contribution in [0.3, 0.4) is 0 Å². The van der Waals surface area contributed by atoms with E-state index in [9.17, 15) is 14.7 Å². The summed E-state index contributed by atoms with van der Waals surface area (Å²) >= 11 is 0. The Balaban J connectivity index is 2.16. The molecule has 0 aromatic heterocycles. The van der Waals surface area contributed by atoms with Gasteiger partial charge in [0.2, 0.25) is 5.91 Å². The van der Waals surface area contributed by atoms with Crippen LogP contribution < -0.4 is 5.32 Å². The van der Waals surface area contributed by atoms with Gasteiger partial charge in [-0.1, -0.05) is 53.7 Å². The van der Waals surface area contributed by atoms with E-state index >= 15 is 0 Å². The van der Waals surface area contributed by atoms with E-state index in [0.29, 0.717) is 12.3 Å². The summed E-state index contributed by atoms with van der Waals surface area (Å²) < 4.78 is 0. The maximum atomic E-state index is 12.3. The number of amides is 1. The minimum absolute atomic E-state index is 0.202. The van der Waals surface area contributed by atoms with E-state index in [1.54, 1.807) is 18.2 Å². The molecule has 2 aromatic carbocycles. The molecule has 0 fully saturated rings. The first-order valence-corrected chi connectivity index (χ1v) is 9.95. The van der Waals surface area contributed by atoms with E-state index < -0.39 is 5.97 Å². The molecule has 160 valence electrons. The number of nitrogens with one attached hydrogen (secondary N) is 1. The Morgan fingerprint density at radius 1 is 0.933 bits per heavy atom. The highest BCUT2D eigenvalue weighted by molar-refractivity contribution is 5.92. The van der Waals surface area contributed by atoms with Gasteiger partial charge in [-0.3, -0.25) is 4.79 Å². The van der Waals surface area contributed by atoms with Gasteiger partial charge in [0.05, 0.1) is 5.56 Å². The minimum atomic E-state index is -0.985. The minimum Gasteiger partial charge on any atom is -0.507 e. The number of phenols is 1. The normalized spacial score (nSPS) is 12.2. The van der Waals surface area contributed by atoms with Gasteiger partial charge in [-0.25, -0.2) is 4.79 Å². The zero-order valence-electron chi connectivity index (χ0n) is 18.5. The lowest BCUT2D eigenvalue weighted by atomic mass is 9.78. The Kier molecular flexibility index (Phi) is 6.76. The molecule has 0 saturated heterocycles. The number of carboxylic acids is 1. The Labute approximate surface area is 178 Å². The smallest absolute Gasteiger partial charge is 0.335 e. The van der Waals surface area contributed by atoms with E-state index in [2.05, 4.69) is 46.9 Å². The second-order valence-corrected chi connectivity index (χ2v) is 9.52. The molecule has 0 atom stereocenters. The number of carbonyl (C=O) groups excluding carboxylic acids is 1. The Bertz CT molecular complexity index is 923. The summed E-state index contributed by atoms with van der Waals surface area (Å²) in [4.78, 5) is 23.1. The summed E-state index contributed by atoms with van der Waals surface area (Å²) in [7, 11) is 0. The molecule has 1 amide bonds. The molecule has 0 aliphatic rings. The first-order chi connectivity index (χ1) is 13.8. The van der Waals surface area contributed by atoms with Gasteiger partial charge in [-0.15, -0.1) is 0 Å². The molecule has 30 heavy (non-hydrogen) atoms. The van der Waals surface area contributed by atoms with Crippen molar-refractivity contribution in [2.75, 3.05) is 0 Å². The van der Waals surface area contributed by atoms with E-state index in [1.807, 2.05) is 12.1 Å². The van der Waals surface area contributed by atoms with Crippen molar-refractivity contribution in [3.05, 3.63) is 70.3 Å². The fourth-order valence-corrected chi connectivity index (χ4v) is 3.10. The highest BCUT2D eigenvalue weighted by Gasteiger charge is 2.26. The molecule has 0 saturated carbocycles. The molecule has 2 aromatic rings. The van der Waals surface area contributed by atoms with Crippen molar-refractivity contribution < 1.29 is 19.8 Å². The summed E-state index contributed by atoms with van der Waals surface area (Å²) in [6.07, 6.45) is 3.06. The number of phenolic OH excluding ortho intramolecular Hbond substituents is 1. The van der Waals surface area contributed by atoms with Crippen LogP contribution in [0, 0.1) is 0 Å². The van der Waals surface area contributed by atoms with Gasteiger partial charge in [0.15, 0.2) is 0 Å². The lowest BCUT2D eigenvalue weighted by Gasteiger charge is -2.28. The number of benzene rings is 2. The van der Waals surface area contributed by atoms with E-state index in [4.69, 9.17) is 5.11 Å². The molecule has 0 aliphatic carbocycles. The number of aromatic carboxylic acids is 1. The van der Waals surface area contributed by atoms with Crippen molar-refractivity contribution in [1.82, 2.24) is 5.32 Å². The van der Waals surface area contributed by atoms with Crippen LogP contribution in [0.2, 0.25) is 0 Å². The zero-order valence-corrected chi connectivity index (χ0v) is 18.5. The molecule has 0 bridgehead atoms. The van der Waals surface area contributed by atoms with Gasteiger partial charge < -0.3 is 15.5 Å². The summed E-state index contributed by atoms with van der Waals surface area (Å²) in [5, 5.41) is 22.6. The highest BCUT2D eigenvalue weighted by atomic mass is 16.4. The van der Waals surface area contributed by atoms with Gasteiger partial charge in [-0.05, 0) is 63.4 Å². The fraction of sp³-hybridized carbons (Fsp3) is 0.360. The van der Waals surface area contributed by atoms with Crippen LogP contribution in [0.15, 0.2) is 42.5 Å². The number of carbonyl (C=O) groups is 2. The number of carboxylic acid groups (broad SMARTS) is 1. The van der Waals surface area contributed by atoms with Gasteiger partial charge >= 0.3 is 5.97 Å². The molecule has 3 N–H and O–H groups in total. The number of hydrogen-bond acceptors (Lipinski definition) is 3. The fourth-order valence-electron chi connectivity index (χ4n) is 3.10. The summed E-state index contributed by atoms with van der Waals surface area (Å²) in [5.41, 5.74) is 3.12.